The summed E-state index contributed by atoms with van der Waals surface area (Å²) in [5.74, 6) is 1.94. The summed E-state index contributed by atoms with van der Waals surface area (Å²) in [6, 6.07) is 14.5. The number of hydrogen-bond donors (Lipinski definition) is 1. The van der Waals surface area contributed by atoms with E-state index in [1.165, 1.54) is 5.56 Å². The largest absolute Gasteiger partial charge is 0.465 e. The second kappa shape index (κ2) is 6.22. The molecule has 2 nitrogen and oxygen atoms in total. The highest BCUT2D eigenvalue weighted by atomic mass is 16.3. The van der Waals surface area contributed by atoms with Crippen LogP contribution in [-0.2, 0) is 0 Å². The van der Waals surface area contributed by atoms with Gasteiger partial charge in [-0.2, -0.15) is 0 Å². The van der Waals surface area contributed by atoms with Crippen molar-refractivity contribution >= 4 is 6.08 Å². The molecular weight excluding hydrogens is 222 g/mol. The SMILES string of the molecule is Cc1ccc(C(C)NCC=Cc2ccccc2)o1. The van der Waals surface area contributed by atoms with Crippen LogP contribution in [0.4, 0.5) is 0 Å². The van der Waals surface area contributed by atoms with E-state index in [1.54, 1.807) is 0 Å². The van der Waals surface area contributed by atoms with Gasteiger partial charge in [-0.25, -0.2) is 0 Å². The van der Waals surface area contributed by atoms with Gasteiger partial charge in [-0.05, 0) is 31.5 Å². The van der Waals surface area contributed by atoms with Crippen molar-refractivity contribution in [2.75, 3.05) is 6.54 Å². The highest BCUT2D eigenvalue weighted by molar-refractivity contribution is 5.48. The first-order chi connectivity index (χ1) is 8.75. The zero-order valence-electron chi connectivity index (χ0n) is 10.9. The molecule has 1 unspecified atom stereocenters. The molecule has 18 heavy (non-hydrogen) atoms. The minimum Gasteiger partial charge on any atom is -0.465 e. The van der Waals surface area contributed by atoms with Crippen LogP contribution in [0.1, 0.15) is 30.0 Å². The molecule has 2 rings (SSSR count). The molecule has 1 N–H and O–H groups in total. The Morgan fingerprint density at radius 1 is 1.17 bits per heavy atom. The summed E-state index contributed by atoms with van der Waals surface area (Å²) < 4.78 is 5.57. The van der Waals surface area contributed by atoms with Crippen molar-refractivity contribution < 1.29 is 4.42 Å². The maximum atomic E-state index is 5.57. The van der Waals surface area contributed by atoms with E-state index in [2.05, 4.69) is 36.5 Å². The molecular formula is C16H19NO. The van der Waals surface area contributed by atoms with E-state index in [0.717, 1.165) is 18.1 Å². The van der Waals surface area contributed by atoms with Gasteiger partial charge < -0.3 is 9.73 Å². The van der Waals surface area contributed by atoms with E-state index in [9.17, 15) is 0 Å². The molecule has 94 valence electrons. The average molecular weight is 241 g/mol. The van der Waals surface area contributed by atoms with E-state index >= 15 is 0 Å². The Morgan fingerprint density at radius 2 is 1.94 bits per heavy atom. The predicted octanol–water partition coefficient (Wildman–Crippen LogP) is 3.95. The minimum atomic E-state index is 0.235. The number of furan rings is 1. The van der Waals surface area contributed by atoms with Crippen molar-refractivity contribution in [1.82, 2.24) is 5.32 Å². The summed E-state index contributed by atoms with van der Waals surface area (Å²) in [6.45, 7) is 4.90. The van der Waals surface area contributed by atoms with Gasteiger partial charge >= 0.3 is 0 Å². The minimum absolute atomic E-state index is 0.235. The Kier molecular flexibility index (Phi) is 4.37. The van der Waals surface area contributed by atoms with Crippen molar-refractivity contribution in [3.63, 3.8) is 0 Å². The van der Waals surface area contributed by atoms with Crippen LogP contribution in [0.5, 0.6) is 0 Å². The van der Waals surface area contributed by atoms with E-state index in [4.69, 9.17) is 4.42 Å². The maximum absolute atomic E-state index is 5.57. The van der Waals surface area contributed by atoms with Crippen molar-refractivity contribution in [1.29, 1.82) is 0 Å². The standard InChI is InChI=1S/C16H19NO/c1-13-10-11-16(18-13)14(2)17-12-6-9-15-7-4-3-5-8-15/h3-11,14,17H,12H2,1-2H3. The van der Waals surface area contributed by atoms with Gasteiger partial charge in [0.1, 0.15) is 11.5 Å². The highest BCUT2D eigenvalue weighted by Crippen LogP contribution is 2.15. The molecule has 0 fully saturated rings. The predicted molar refractivity (Wildman–Crippen MR) is 75.3 cm³/mol. The van der Waals surface area contributed by atoms with Crippen molar-refractivity contribution in [3.8, 4) is 0 Å². The van der Waals surface area contributed by atoms with Crippen LogP contribution in [0, 0.1) is 6.92 Å². The number of hydrogen-bond acceptors (Lipinski definition) is 2. The summed E-state index contributed by atoms with van der Waals surface area (Å²) in [5, 5.41) is 3.40. The first kappa shape index (κ1) is 12.7. The third-order valence-electron chi connectivity index (χ3n) is 2.84. The normalized spacial score (nSPS) is 13.0. The van der Waals surface area contributed by atoms with Crippen LogP contribution in [0.15, 0.2) is 53.0 Å². The van der Waals surface area contributed by atoms with Crippen molar-refractivity contribution in [2.45, 2.75) is 19.9 Å². The Morgan fingerprint density at radius 3 is 2.61 bits per heavy atom. The Balaban J connectivity index is 1.80. The summed E-state index contributed by atoms with van der Waals surface area (Å²) in [4.78, 5) is 0. The molecule has 1 aromatic carbocycles. The summed E-state index contributed by atoms with van der Waals surface area (Å²) >= 11 is 0. The van der Waals surface area contributed by atoms with Crippen LogP contribution in [0.25, 0.3) is 6.08 Å². The second-order valence-electron chi connectivity index (χ2n) is 4.39. The molecule has 1 aromatic heterocycles. The van der Waals surface area contributed by atoms with Gasteiger partial charge in [0, 0.05) is 6.54 Å². The Labute approximate surface area is 108 Å². The second-order valence-corrected chi connectivity index (χ2v) is 4.39. The molecule has 0 bridgehead atoms. The fourth-order valence-corrected chi connectivity index (χ4v) is 1.79. The number of benzene rings is 1. The molecule has 0 aliphatic heterocycles. The quantitative estimate of drug-likeness (QED) is 0.857. The molecule has 0 saturated carbocycles. The molecule has 2 aromatic rings. The van der Waals surface area contributed by atoms with Crippen LogP contribution in [0.3, 0.4) is 0 Å². The number of rotatable bonds is 5. The van der Waals surface area contributed by atoms with E-state index in [1.807, 2.05) is 37.3 Å². The molecule has 0 radical (unpaired) electrons. The lowest BCUT2D eigenvalue weighted by atomic mass is 10.2. The van der Waals surface area contributed by atoms with Crippen LogP contribution >= 0.6 is 0 Å². The Bertz CT molecular complexity index is 499. The fourth-order valence-electron chi connectivity index (χ4n) is 1.79. The number of aryl methyl sites for hydroxylation is 1. The lowest BCUT2D eigenvalue weighted by molar-refractivity contribution is 0.425. The van der Waals surface area contributed by atoms with E-state index in [0.29, 0.717) is 0 Å². The Hall–Kier alpha value is -1.80. The molecule has 1 atom stereocenters. The van der Waals surface area contributed by atoms with Gasteiger partial charge in [0.2, 0.25) is 0 Å². The molecule has 2 heteroatoms. The van der Waals surface area contributed by atoms with Crippen LogP contribution in [-0.4, -0.2) is 6.54 Å². The topological polar surface area (TPSA) is 25.2 Å². The van der Waals surface area contributed by atoms with Gasteiger partial charge in [-0.3, -0.25) is 0 Å². The zero-order chi connectivity index (χ0) is 12.8. The van der Waals surface area contributed by atoms with E-state index in [-0.39, 0.29) is 6.04 Å². The first-order valence-corrected chi connectivity index (χ1v) is 6.27. The third-order valence-corrected chi connectivity index (χ3v) is 2.84. The smallest absolute Gasteiger partial charge is 0.120 e. The van der Waals surface area contributed by atoms with Gasteiger partial charge in [0.25, 0.3) is 0 Å². The monoisotopic (exact) mass is 241 g/mol. The summed E-state index contributed by atoms with van der Waals surface area (Å²) in [7, 11) is 0. The maximum Gasteiger partial charge on any atom is 0.120 e. The highest BCUT2D eigenvalue weighted by Gasteiger charge is 2.06. The molecule has 0 aliphatic rings. The molecule has 0 saturated heterocycles. The number of nitrogens with one attached hydrogen (secondary N) is 1. The van der Waals surface area contributed by atoms with E-state index < -0.39 is 0 Å². The lowest BCUT2D eigenvalue weighted by Crippen LogP contribution is -2.17. The average Bonchev–Trinajstić information content (AvgIpc) is 2.82. The summed E-state index contributed by atoms with van der Waals surface area (Å²) in [6.07, 6.45) is 4.24. The first-order valence-electron chi connectivity index (χ1n) is 6.27. The van der Waals surface area contributed by atoms with Gasteiger partial charge in [-0.1, -0.05) is 42.5 Å². The molecule has 0 spiro atoms. The van der Waals surface area contributed by atoms with Gasteiger partial charge in [0.15, 0.2) is 0 Å². The zero-order valence-corrected chi connectivity index (χ0v) is 10.9. The van der Waals surface area contributed by atoms with Gasteiger partial charge in [0.05, 0.1) is 6.04 Å². The molecule has 1 heterocycles. The fraction of sp³-hybridized carbons (Fsp3) is 0.250. The molecule has 0 aliphatic carbocycles. The summed E-state index contributed by atoms with van der Waals surface area (Å²) in [5.41, 5.74) is 1.22. The molecule has 0 amide bonds. The van der Waals surface area contributed by atoms with Crippen molar-refractivity contribution in [2.24, 2.45) is 0 Å². The van der Waals surface area contributed by atoms with Gasteiger partial charge in [-0.15, -0.1) is 0 Å². The van der Waals surface area contributed by atoms with Crippen LogP contribution in [0.2, 0.25) is 0 Å². The lowest BCUT2D eigenvalue weighted by Gasteiger charge is -2.08. The van der Waals surface area contributed by atoms with Crippen LogP contribution < -0.4 is 5.32 Å². The third kappa shape index (κ3) is 3.60. The van der Waals surface area contributed by atoms with Crippen molar-refractivity contribution in [3.05, 3.63) is 65.6 Å².